The number of rotatable bonds is 13. The van der Waals surface area contributed by atoms with Gasteiger partial charge in [-0.25, -0.2) is 4.79 Å². The van der Waals surface area contributed by atoms with Crippen LogP contribution >= 0.6 is 0 Å². The van der Waals surface area contributed by atoms with Crippen molar-refractivity contribution in [3.63, 3.8) is 0 Å². The van der Waals surface area contributed by atoms with Gasteiger partial charge in [0.25, 0.3) is 0 Å². The number of ether oxygens (including phenoxy) is 1. The third kappa shape index (κ3) is 8.60. The molecule has 0 aromatic heterocycles. The summed E-state index contributed by atoms with van der Waals surface area (Å²) in [7, 11) is 0. The molecule has 1 N–H and O–H groups in total. The smallest absolute Gasteiger partial charge is 0.331 e. The van der Waals surface area contributed by atoms with Gasteiger partial charge in [-0.2, -0.15) is 0 Å². The van der Waals surface area contributed by atoms with Crippen LogP contribution in [0.3, 0.4) is 0 Å². The van der Waals surface area contributed by atoms with E-state index in [1.165, 1.54) is 33.8 Å². The predicted octanol–water partition coefficient (Wildman–Crippen LogP) is 2.31. The number of hydrogen-bond acceptors (Lipinski definition) is 7. The van der Waals surface area contributed by atoms with E-state index in [0.29, 0.717) is 12.0 Å². The first-order chi connectivity index (χ1) is 19.3. The summed E-state index contributed by atoms with van der Waals surface area (Å²) in [6.45, 7) is -0.178. The SMILES string of the molecule is CC(=O)N(CCO)CC(=O)N(CC(=O)N(CC(=O)Oc1ccccc1C=O)c1ccccc1)Cc1ccccc1. The molecule has 0 bridgehead atoms. The molecule has 0 radical (unpaired) electrons. The van der Waals surface area contributed by atoms with Crippen LogP contribution in [0.15, 0.2) is 84.9 Å². The molecule has 0 aliphatic rings. The van der Waals surface area contributed by atoms with Gasteiger partial charge in [0.2, 0.25) is 17.7 Å². The Hall–Kier alpha value is -4.83. The minimum absolute atomic E-state index is 0.0293. The Morgan fingerprint density at radius 3 is 2.00 bits per heavy atom. The van der Waals surface area contributed by atoms with Gasteiger partial charge < -0.3 is 19.6 Å². The molecule has 0 spiro atoms. The minimum Gasteiger partial charge on any atom is -0.424 e. The number of carbonyl (C=O) groups excluding carboxylic acids is 5. The molecule has 40 heavy (non-hydrogen) atoms. The number of aldehydes is 1. The van der Waals surface area contributed by atoms with Crippen LogP contribution in [0, 0.1) is 0 Å². The van der Waals surface area contributed by atoms with E-state index < -0.39 is 36.8 Å². The number of hydrogen-bond donors (Lipinski definition) is 1. The maximum Gasteiger partial charge on any atom is 0.331 e. The fourth-order valence-electron chi connectivity index (χ4n) is 3.90. The molecule has 0 saturated heterocycles. The Labute approximate surface area is 232 Å². The van der Waals surface area contributed by atoms with Gasteiger partial charge >= 0.3 is 5.97 Å². The normalized spacial score (nSPS) is 10.3. The molecule has 10 nitrogen and oxygen atoms in total. The number of nitrogens with zero attached hydrogens (tertiary/aromatic N) is 3. The summed E-state index contributed by atoms with van der Waals surface area (Å²) in [5.74, 6) is -2.17. The summed E-state index contributed by atoms with van der Waals surface area (Å²) in [4.78, 5) is 66.9. The number of esters is 1. The van der Waals surface area contributed by atoms with Crippen LogP contribution in [0.5, 0.6) is 5.75 Å². The maximum absolute atomic E-state index is 13.7. The molecule has 3 aromatic carbocycles. The Kier molecular flexibility index (Phi) is 11.1. The second-order valence-electron chi connectivity index (χ2n) is 8.84. The van der Waals surface area contributed by atoms with Crippen molar-refractivity contribution in [2.24, 2.45) is 0 Å². The van der Waals surface area contributed by atoms with Crippen molar-refractivity contribution in [3.05, 3.63) is 96.1 Å². The Bertz CT molecular complexity index is 1320. The molecular weight excluding hydrogens is 514 g/mol. The van der Waals surface area contributed by atoms with Gasteiger partial charge in [-0.1, -0.05) is 60.7 Å². The van der Waals surface area contributed by atoms with Crippen molar-refractivity contribution >= 4 is 35.7 Å². The number of para-hydroxylation sites is 2. The number of aliphatic hydroxyl groups excluding tert-OH is 1. The molecule has 0 saturated carbocycles. The van der Waals surface area contributed by atoms with Crippen molar-refractivity contribution in [2.75, 3.05) is 37.7 Å². The van der Waals surface area contributed by atoms with Crippen LogP contribution in [0.25, 0.3) is 0 Å². The van der Waals surface area contributed by atoms with E-state index in [1.54, 1.807) is 66.7 Å². The number of carbonyl (C=O) groups is 5. The Morgan fingerprint density at radius 2 is 1.38 bits per heavy atom. The Balaban J connectivity index is 1.85. The largest absolute Gasteiger partial charge is 0.424 e. The van der Waals surface area contributed by atoms with E-state index in [2.05, 4.69) is 0 Å². The molecule has 3 amide bonds. The quantitative estimate of drug-likeness (QED) is 0.199. The first-order valence-corrected chi connectivity index (χ1v) is 12.6. The molecule has 10 heteroatoms. The first-order valence-electron chi connectivity index (χ1n) is 12.6. The topological polar surface area (TPSA) is 125 Å². The second kappa shape index (κ2) is 14.9. The number of benzene rings is 3. The minimum atomic E-state index is -0.780. The van der Waals surface area contributed by atoms with Crippen LogP contribution in [0.4, 0.5) is 5.69 Å². The van der Waals surface area contributed by atoms with Crippen LogP contribution < -0.4 is 9.64 Å². The van der Waals surface area contributed by atoms with E-state index in [-0.39, 0.29) is 37.6 Å². The lowest BCUT2D eigenvalue weighted by molar-refractivity contribution is -0.142. The number of amides is 3. The molecule has 0 atom stereocenters. The zero-order valence-electron chi connectivity index (χ0n) is 22.1. The molecule has 0 unspecified atom stereocenters. The molecule has 3 rings (SSSR count). The monoisotopic (exact) mass is 545 g/mol. The molecule has 0 heterocycles. The summed E-state index contributed by atoms with van der Waals surface area (Å²) in [6, 6.07) is 23.7. The average molecular weight is 546 g/mol. The highest BCUT2D eigenvalue weighted by Gasteiger charge is 2.27. The fourth-order valence-corrected chi connectivity index (χ4v) is 3.90. The lowest BCUT2D eigenvalue weighted by atomic mass is 10.2. The lowest BCUT2D eigenvalue weighted by Gasteiger charge is -2.29. The summed E-state index contributed by atoms with van der Waals surface area (Å²) < 4.78 is 5.38. The summed E-state index contributed by atoms with van der Waals surface area (Å²) in [5.41, 5.74) is 1.35. The van der Waals surface area contributed by atoms with Crippen LogP contribution in [0.2, 0.25) is 0 Å². The van der Waals surface area contributed by atoms with Gasteiger partial charge in [0.1, 0.15) is 18.8 Å². The zero-order chi connectivity index (χ0) is 28.9. The number of anilines is 1. The lowest BCUT2D eigenvalue weighted by Crippen LogP contribution is -2.48. The van der Waals surface area contributed by atoms with E-state index >= 15 is 0 Å². The predicted molar refractivity (Wildman–Crippen MR) is 147 cm³/mol. The van der Waals surface area contributed by atoms with Crippen LogP contribution in [-0.2, 0) is 25.7 Å². The van der Waals surface area contributed by atoms with Crippen molar-refractivity contribution < 1.29 is 33.8 Å². The van der Waals surface area contributed by atoms with Gasteiger partial charge in [-0.3, -0.25) is 24.1 Å². The van der Waals surface area contributed by atoms with E-state index in [4.69, 9.17) is 4.74 Å². The van der Waals surface area contributed by atoms with Crippen molar-refractivity contribution in [2.45, 2.75) is 13.5 Å². The highest BCUT2D eigenvalue weighted by Crippen LogP contribution is 2.18. The standard InChI is InChI=1S/C30H31N3O7/c1-23(36)31(16-17-34)19-28(37)32(18-24-10-4-2-5-11-24)20-29(38)33(26-13-6-3-7-14-26)21-30(39)40-27-15-9-8-12-25(27)22-35/h2-15,22,34H,16-21H2,1H3. The average Bonchev–Trinajstić information content (AvgIpc) is 2.96. The highest BCUT2D eigenvalue weighted by molar-refractivity contribution is 6.00. The Morgan fingerprint density at radius 1 is 0.775 bits per heavy atom. The van der Waals surface area contributed by atoms with E-state index in [1.807, 2.05) is 6.07 Å². The third-order valence-electron chi connectivity index (χ3n) is 5.96. The molecule has 3 aromatic rings. The third-order valence-corrected chi connectivity index (χ3v) is 5.96. The van der Waals surface area contributed by atoms with Crippen LogP contribution in [0.1, 0.15) is 22.8 Å². The first kappa shape index (κ1) is 29.7. The molecule has 0 aliphatic carbocycles. The molecule has 0 fully saturated rings. The van der Waals surface area contributed by atoms with Crippen molar-refractivity contribution in [1.82, 2.24) is 9.80 Å². The van der Waals surface area contributed by atoms with Crippen LogP contribution in [-0.4, -0.2) is 77.7 Å². The second-order valence-corrected chi connectivity index (χ2v) is 8.84. The van der Waals surface area contributed by atoms with Gasteiger partial charge in [0.15, 0.2) is 6.29 Å². The molecule has 208 valence electrons. The van der Waals surface area contributed by atoms with Gasteiger partial charge in [0, 0.05) is 25.7 Å². The maximum atomic E-state index is 13.7. The van der Waals surface area contributed by atoms with Crippen molar-refractivity contribution in [3.8, 4) is 5.75 Å². The zero-order valence-corrected chi connectivity index (χ0v) is 22.1. The highest BCUT2D eigenvalue weighted by atomic mass is 16.5. The summed E-state index contributed by atoms with van der Waals surface area (Å²) >= 11 is 0. The number of aliphatic hydroxyl groups is 1. The molecular formula is C30H31N3O7. The van der Waals surface area contributed by atoms with Gasteiger partial charge in [0.05, 0.1) is 18.7 Å². The van der Waals surface area contributed by atoms with Crippen molar-refractivity contribution in [1.29, 1.82) is 0 Å². The summed E-state index contributed by atoms with van der Waals surface area (Å²) in [5, 5.41) is 9.30. The molecule has 0 aliphatic heterocycles. The van der Waals surface area contributed by atoms with E-state index in [9.17, 15) is 29.1 Å². The fraction of sp³-hybridized carbons (Fsp3) is 0.233. The van der Waals surface area contributed by atoms with Gasteiger partial charge in [-0.15, -0.1) is 0 Å². The summed E-state index contributed by atoms with van der Waals surface area (Å²) in [6.07, 6.45) is 0.566. The van der Waals surface area contributed by atoms with Gasteiger partial charge in [-0.05, 0) is 29.8 Å². The van der Waals surface area contributed by atoms with E-state index in [0.717, 1.165) is 5.56 Å².